The van der Waals surface area contributed by atoms with Crippen molar-refractivity contribution >= 4 is 30.4 Å². The second-order valence-corrected chi connectivity index (χ2v) is 15.2. The summed E-state index contributed by atoms with van der Waals surface area (Å²) in [6.07, 6.45) is 1.95. The van der Waals surface area contributed by atoms with Crippen LogP contribution in [0.5, 0.6) is 0 Å². The van der Waals surface area contributed by atoms with Gasteiger partial charge in [-0.2, -0.15) is 0 Å². The van der Waals surface area contributed by atoms with Crippen LogP contribution in [0.2, 0.25) is 0 Å². The Morgan fingerprint density at radius 1 is 0.479 bits per heavy atom. The summed E-state index contributed by atoms with van der Waals surface area (Å²) in [5.74, 6) is 0. The van der Waals surface area contributed by atoms with Gasteiger partial charge in [-0.25, -0.2) is 0 Å². The maximum absolute atomic E-state index is 9.02. The minimum Gasteiger partial charge on any atom is -0.412 e. The third-order valence-electron chi connectivity index (χ3n) is 8.43. The fourth-order valence-corrected chi connectivity index (χ4v) is 5.61. The van der Waals surface area contributed by atoms with Crippen molar-refractivity contribution in [1.82, 2.24) is 0 Å². The summed E-state index contributed by atoms with van der Waals surface area (Å²) in [7, 11) is 6.03. The van der Waals surface area contributed by atoms with Gasteiger partial charge in [-0.3, -0.25) is 0 Å². The van der Waals surface area contributed by atoms with Gasteiger partial charge >= 0.3 is 0 Å². The van der Waals surface area contributed by atoms with Crippen LogP contribution in [0.4, 0.5) is 17.1 Å². The molecular formula is C44H54BNO2. The number of aliphatic hydroxyl groups is 1. The van der Waals surface area contributed by atoms with E-state index in [1.807, 2.05) is 26.0 Å². The van der Waals surface area contributed by atoms with E-state index in [1.165, 1.54) is 33.4 Å². The Bertz CT molecular complexity index is 1580. The van der Waals surface area contributed by atoms with Gasteiger partial charge in [-0.15, -0.1) is 0 Å². The largest absolute Gasteiger partial charge is 0.412 e. The third-order valence-corrected chi connectivity index (χ3v) is 8.43. The Hall–Kier alpha value is -4.12. The predicted molar refractivity (Wildman–Crippen MR) is 210 cm³/mol. The molecule has 0 bridgehead atoms. The highest BCUT2D eigenvalue weighted by Gasteiger charge is 2.16. The molecule has 0 aliphatic rings. The average molecular weight is 640 g/mol. The van der Waals surface area contributed by atoms with Crippen molar-refractivity contribution in [2.75, 3.05) is 4.90 Å². The molecule has 0 heterocycles. The van der Waals surface area contributed by atoms with E-state index in [4.69, 9.17) is 13.0 Å². The lowest BCUT2D eigenvalue weighted by molar-refractivity contribution is 0.0703. The van der Waals surface area contributed by atoms with Crippen molar-refractivity contribution in [2.45, 2.75) is 91.6 Å². The van der Waals surface area contributed by atoms with Crippen molar-refractivity contribution < 1.29 is 10.6 Å². The highest BCUT2D eigenvalue weighted by Crippen LogP contribution is 2.37. The normalized spacial score (nSPS) is 11.6. The Morgan fingerprint density at radius 2 is 0.750 bits per heavy atom. The molecule has 4 heteroatoms. The van der Waals surface area contributed by atoms with Gasteiger partial charge in [0.2, 0.25) is 0 Å². The molecular weight excluding hydrogens is 585 g/mol. The molecule has 3 N–H and O–H groups in total. The predicted octanol–water partition coefficient (Wildman–Crippen LogP) is 10.6. The van der Waals surface area contributed by atoms with E-state index in [-0.39, 0.29) is 16.3 Å². The summed E-state index contributed by atoms with van der Waals surface area (Å²) >= 11 is 0. The number of anilines is 3. The topological polar surface area (TPSA) is 55.0 Å². The summed E-state index contributed by atoms with van der Waals surface area (Å²) in [6.45, 7) is 19.2. The lowest BCUT2D eigenvalue weighted by Crippen LogP contribution is -2.16. The first-order valence-corrected chi connectivity index (χ1v) is 16.9. The minimum atomic E-state index is -0.450. The van der Waals surface area contributed by atoms with Crippen molar-refractivity contribution in [1.29, 1.82) is 0 Å². The zero-order valence-corrected chi connectivity index (χ0v) is 30.4. The van der Waals surface area contributed by atoms with E-state index in [1.54, 1.807) is 0 Å². The van der Waals surface area contributed by atoms with Crippen LogP contribution in [0.3, 0.4) is 0 Å². The van der Waals surface area contributed by atoms with Crippen molar-refractivity contribution in [3.05, 3.63) is 132 Å². The summed E-state index contributed by atoms with van der Waals surface area (Å²) in [4.78, 5) is 2.28. The van der Waals surface area contributed by atoms with Crippen LogP contribution < -0.4 is 10.4 Å². The van der Waals surface area contributed by atoms with Crippen LogP contribution >= 0.6 is 0 Å². The highest BCUT2D eigenvalue weighted by atomic mass is 16.3. The lowest BCUT2D eigenvalue weighted by atomic mass is 9.86. The highest BCUT2D eigenvalue weighted by molar-refractivity contribution is 6.32. The molecule has 0 aromatic heterocycles. The smallest absolute Gasteiger partial charge is 0.113 e. The van der Waals surface area contributed by atoms with Gasteiger partial charge in [0.25, 0.3) is 0 Å². The Morgan fingerprint density at radius 3 is 0.979 bits per heavy atom. The maximum Gasteiger partial charge on any atom is 0.113 e. The second-order valence-electron chi connectivity index (χ2n) is 15.2. The molecule has 0 saturated heterocycles. The number of hydrogen-bond acceptors (Lipinski definition) is 2. The van der Waals surface area contributed by atoms with Crippen molar-refractivity contribution in [3.63, 3.8) is 0 Å². The van der Waals surface area contributed by atoms with Gasteiger partial charge in [-0.1, -0.05) is 145 Å². The first kappa shape index (κ1) is 38.3. The Balaban J connectivity index is 0.000000706. The number of hydrogen-bond donors (Lipinski definition) is 1. The summed E-state index contributed by atoms with van der Waals surface area (Å²) in [5, 5.41) is 9.02. The van der Waals surface area contributed by atoms with E-state index in [2.05, 4.69) is 163 Å². The van der Waals surface area contributed by atoms with Crippen LogP contribution in [0.1, 0.15) is 86.3 Å². The van der Waals surface area contributed by atoms with Gasteiger partial charge in [0.05, 0.1) is 5.60 Å². The molecule has 5 aromatic rings. The first-order valence-electron chi connectivity index (χ1n) is 16.9. The molecule has 2 radical (unpaired) electrons. The molecule has 250 valence electrons. The van der Waals surface area contributed by atoms with Gasteiger partial charge in [0, 0.05) is 17.1 Å². The van der Waals surface area contributed by atoms with E-state index in [9.17, 15) is 0 Å². The van der Waals surface area contributed by atoms with E-state index < -0.39 is 5.60 Å². The molecule has 0 amide bonds. The quantitative estimate of drug-likeness (QED) is 0.180. The summed E-state index contributed by atoms with van der Waals surface area (Å²) < 4.78 is 0. The second kappa shape index (κ2) is 15.9. The average Bonchev–Trinajstić information content (AvgIpc) is 3.02. The standard InChI is InChI=1S/C38H38BN.C6H14O.H2O/c1-37(2,3)31-15-7-27(8-16-31)29-11-21-34(22-12-29)40(36-25-19-33(39)20-26-36)35-23-13-30(14-24-35)28-9-17-32(18-10-28)38(4,5)6;1-4-5-6(2,3)7;/h7-26H,1-6H3;7H,4-5H2,1-3H3;1H2. The van der Waals surface area contributed by atoms with E-state index in [0.717, 1.165) is 35.4 Å². The first-order chi connectivity index (χ1) is 22.0. The van der Waals surface area contributed by atoms with Crippen LogP contribution in [0.25, 0.3) is 22.3 Å². The molecule has 3 nitrogen and oxygen atoms in total. The number of benzene rings is 5. The maximum atomic E-state index is 9.02. The van der Waals surface area contributed by atoms with E-state index >= 15 is 0 Å². The van der Waals surface area contributed by atoms with Crippen molar-refractivity contribution in [3.8, 4) is 22.3 Å². The van der Waals surface area contributed by atoms with Gasteiger partial charge in [0.1, 0.15) is 7.85 Å². The Labute approximate surface area is 291 Å². The van der Waals surface area contributed by atoms with Crippen molar-refractivity contribution in [2.24, 2.45) is 0 Å². The molecule has 0 atom stereocenters. The van der Waals surface area contributed by atoms with Gasteiger partial charge < -0.3 is 15.5 Å². The summed E-state index contributed by atoms with van der Waals surface area (Å²) in [6, 6.07) is 43.5. The molecule has 0 spiro atoms. The fourth-order valence-electron chi connectivity index (χ4n) is 5.61. The van der Waals surface area contributed by atoms with Gasteiger partial charge in [-0.05, 0) is 101 Å². The molecule has 0 aliphatic heterocycles. The molecule has 5 aromatic carbocycles. The zero-order valence-electron chi connectivity index (χ0n) is 30.4. The SMILES string of the molecule is CCCC(C)(C)O.O.[B]c1ccc(N(c2ccc(-c3ccc(C(C)(C)C)cc3)cc2)c2ccc(-c3ccc(C(C)(C)C)cc3)cc2)cc1. The number of rotatable bonds is 7. The monoisotopic (exact) mass is 639 g/mol. The van der Waals surface area contributed by atoms with Crippen LogP contribution in [-0.4, -0.2) is 24.0 Å². The Kier molecular flexibility index (Phi) is 12.7. The molecule has 0 fully saturated rings. The third kappa shape index (κ3) is 10.4. The van der Waals surface area contributed by atoms with Crippen LogP contribution in [0, 0.1) is 0 Å². The minimum absolute atomic E-state index is 0. The van der Waals surface area contributed by atoms with Crippen LogP contribution in [-0.2, 0) is 10.8 Å². The molecule has 48 heavy (non-hydrogen) atoms. The van der Waals surface area contributed by atoms with Gasteiger partial charge in [0.15, 0.2) is 0 Å². The molecule has 0 saturated carbocycles. The molecule has 5 rings (SSSR count). The lowest BCUT2D eigenvalue weighted by Gasteiger charge is -2.26. The van der Waals surface area contributed by atoms with E-state index in [0.29, 0.717) is 0 Å². The fraction of sp³-hybridized carbons (Fsp3) is 0.318. The molecule has 0 unspecified atom stereocenters. The number of nitrogens with zero attached hydrogens (tertiary/aromatic N) is 1. The van der Waals surface area contributed by atoms with Crippen LogP contribution in [0.15, 0.2) is 121 Å². The molecule has 0 aliphatic carbocycles. The zero-order chi connectivity index (χ0) is 34.4. The summed E-state index contributed by atoms with van der Waals surface area (Å²) in [5.41, 5.74) is 11.4.